The van der Waals surface area contributed by atoms with Crippen molar-refractivity contribution in [3.63, 3.8) is 0 Å². The molecule has 1 N–H and O–H groups in total. The summed E-state index contributed by atoms with van der Waals surface area (Å²) in [5.41, 5.74) is 2.98. The van der Waals surface area contributed by atoms with Gasteiger partial charge in [0.05, 0.1) is 11.7 Å². The van der Waals surface area contributed by atoms with Gasteiger partial charge in [0, 0.05) is 12.0 Å². The second kappa shape index (κ2) is 5.67. The molecule has 5 saturated carbocycles. The van der Waals surface area contributed by atoms with Crippen LogP contribution in [0.5, 0.6) is 0 Å². The van der Waals surface area contributed by atoms with Crippen molar-refractivity contribution in [2.24, 2.45) is 39.9 Å². The monoisotopic (exact) mass is 384 g/mol. The van der Waals surface area contributed by atoms with Gasteiger partial charge in [-0.1, -0.05) is 38.3 Å². The van der Waals surface area contributed by atoms with Gasteiger partial charge in [-0.15, -0.1) is 0 Å². The SMILES string of the molecule is C=C1C[C@]2(CC[C@@]3(CCC[C@H]3CO)C2)[C@@H]2O[C@]2(C)C[C@@H]2CCC[C@@]3(C)C[C@H]1[C@@H]23. The molecular formula is C26H40O2. The Labute approximate surface area is 171 Å². The summed E-state index contributed by atoms with van der Waals surface area (Å²) < 4.78 is 6.67. The van der Waals surface area contributed by atoms with E-state index in [1.54, 1.807) is 5.57 Å². The summed E-state index contributed by atoms with van der Waals surface area (Å²) in [6, 6.07) is 0. The van der Waals surface area contributed by atoms with Gasteiger partial charge in [0.15, 0.2) is 0 Å². The van der Waals surface area contributed by atoms with Gasteiger partial charge in [0.2, 0.25) is 0 Å². The van der Waals surface area contributed by atoms with Crippen LogP contribution >= 0.6 is 0 Å². The number of hydrogen-bond acceptors (Lipinski definition) is 2. The van der Waals surface area contributed by atoms with Crippen molar-refractivity contribution < 1.29 is 9.84 Å². The van der Waals surface area contributed by atoms with E-state index in [9.17, 15) is 5.11 Å². The number of rotatable bonds is 1. The summed E-state index contributed by atoms with van der Waals surface area (Å²) in [7, 11) is 0. The van der Waals surface area contributed by atoms with Crippen molar-refractivity contribution in [3.8, 4) is 0 Å². The molecule has 1 aliphatic heterocycles. The van der Waals surface area contributed by atoms with Crippen LogP contribution in [0, 0.1) is 39.9 Å². The number of fused-ring (bicyclic) bond motifs is 2. The maximum absolute atomic E-state index is 10.1. The summed E-state index contributed by atoms with van der Waals surface area (Å²) in [5.74, 6) is 3.04. The minimum Gasteiger partial charge on any atom is -0.396 e. The summed E-state index contributed by atoms with van der Waals surface area (Å²) in [4.78, 5) is 0. The molecule has 28 heavy (non-hydrogen) atoms. The number of hydrogen-bond donors (Lipinski definition) is 1. The standard InChI is InChI=1S/C26H40O2/c1-17-12-26(11-10-25(16-26)9-5-7-19(25)15-27)22-24(3,28-22)13-18-6-4-8-23(2)14-20(17)21(18)23/h18-22,27H,1,4-16H2,2-3H3/t18-,19-,20+,21+,22+,23-,24+,25-,26-/m0/s1. The van der Waals surface area contributed by atoms with Crippen LogP contribution in [0.4, 0.5) is 0 Å². The molecule has 9 atom stereocenters. The third kappa shape index (κ3) is 2.28. The van der Waals surface area contributed by atoms with E-state index < -0.39 is 0 Å². The first-order chi connectivity index (χ1) is 13.3. The van der Waals surface area contributed by atoms with Crippen LogP contribution in [0.25, 0.3) is 0 Å². The second-order valence-corrected chi connectivity index (χ2v) is 12.7. The van der Waals surface area contributed by atoms with E-state index in [1.165, 1.54) is 77.0 Å². The number of epoxide rings is 1. The van der Waals surface area contributed by atoms with Crippen molar-refractivity contribution >= 4 is 0 Å². The average molecular weight is 385 g/mol. The first-order valence-corrected chi connectivity index (χ1v) is 12.3. The molecule has 1 saturated heterocycles. The molecule has 0 aromatic heterocycles. The normalized spacial score (nSPS) is 60.0. The van der Waals surface area contributed by atoms with Gasteiger partial charge >= 0.3 is 0 Å². The van der Waals surface area contributed by atoms with E-state index in [2.05, 4.69) is 13.8 Å². The van der Waals surface area contributed by atoms with E-state index in [-0.39, 0.29) is 5.60 Å². The predicted molar refractivity (Wildman–Crippen MR) is 112 cm³/mol. The fourth-order valence-corrected chi connectivity index (χ4v) is 10.00. The molecule has 2 heteroatoms. The first-order valence-electron chi connectivity index (χ1n) is 12.3. The second-order valence-electron chi connectivity index (χ2n) is 12.7. The molecule has 156 valence electrons. The molecule has 5 aliphatic carbocycles. The largest absolute Gasteiger partial charge is 0.396 e. The summed E-state index contributed by atoms with van der Waals surface area (Å²) in [6.45, 7) is 10.2. The van der Waals surface area contributed by atoms with Gasteiger partial charge < -0.3 is 9.84 Å². The van der Waals surface area contributed by atoms with Crippen LogP contribution in [-0.2, 0) is 4.74 Å². The van der Waals surface area contributed by atoms with Crippen LogP contribution in [0.15, 0.2) is 12.2 Å². The third-order valence-corrected chi connectivity index (χ3v) is 11.1. The number of aliphatic hydroxyl groups is 1. The zero-order chi connectivity index (χ0) is 19.4. The van der Waals surface area contributed by atoms with Crippen LogP contribution < -0.4 is 0 Å². The minimum absolute atomic E-state index is 0.118. The summed E-state index contributed by atoms with van der Waals surface area (Å²) >= 11 is 0. The van der Waals surface area contributed by atoms with Crippen molar-refractivity contribution in [3.05, 3.63) is 12.2 Å². The summed E-state index contributed by atoms with van der Waals surface area (Å²) in [6.07, 6.45) is 16.4. The fraction of sp³-hybridized carbons (Fsp3) is 0.923. The summed E-state index contributed by atoms with van der Waals surface area (Å²) in [5, 5.41) is 10.1. The average Bonchev–Trinajstić information content (AvgIpc) is 2.99. The van der Waals surface area contributed by atoms with Crippen LogP contribution in [-0.4, -0.2) is 23.4 Å². The lowest BCUT2D eigenvalue weighted by Crippen LogP contribution is -2.53. The smallest absolute Gasteiger partial charge is 0.0930 e. The van der Waals surface area contributed by atoms with Crippen molar-refractivity contribution in [1.29, 1.82) is 0 Å². The molecule has 2 nitrogen and oxygen atoms in total. The maximum atomic E-state index is 10.1. The molecule has 0 unspecified atom stereocenters. The van der Waals surface area contributed by atoms with Crippen LogP contribution in [0.2, 0.25) is 0 Å². The van der Waals surface area contributed by atoms with Gasteiger partial charge in [-0.25, -0.2) is 0 Å². The molecule has 0 amide bonds. The number of ether oxygens (including phenoxy) is 1. The highest BCUT2D eigenvalue weighted by molar-refractivity contribution is 5.25. The Bertz CT molecular complexity index is 701. The Hall–Kier alpha value is -0.340. The molecule has 0 aromatic rings. The van der Waals surface area contributed by atoms with E-state index >= 15 is 0 Å². The number of allylic oxidation sites excluding steroid dienone is 1. The zero-order valence-corrected chi connectivity index (χ0v) is 18.1. The Morgan fingerprint density at radius 1 is 1.04 bits per heavy atom. The van der Waals surface area contributed by atoms with E-state index in [1.807, 2.05) is 0 Å². The lowest BCUT2D eigenvalue weighted by Gasteiger charge is -2.61. The Morgan fingerprint density at radius 2 is 1.82 bits per heavy atom. The highest BCUT2D eigenvalue weighted by Crippen LogP contribution is 2.72. The maximum Gasteiger partial charge on any atom is 0.0930 e. The van der Waals surface area contributed by atoms with E-state index in [0.717, 1.165) is 17.8 Å². The van der Waals surface area contributed by atoms with Gasteiger partial charge in [0.25, 0.3) is 0 Å². The molecule has 0 aromatic carbocycles. The molecule has 6 rings (SSSR count). The highest BCUT2D eigenvalue weighted by atomic mass is 16.6. The van der Waals surface area contributed by atoms with Crippen molar-refractivity contribution in [1.82, 2.24) is 0 Å². The Morgan fingerprint density at radius 3 is 2.64 bits per heavy atom. The molecule has 1 heterocycles. The zero-order valence-electron chi connectivity index (χ0n) is 18.1. The molecule has 0 radical (unpaired) electrons. The van der Waals surface area contributed by atoms with E-state index in [0.29, 0.717) is 34.9 Å². The van der Waals surface area contributed by atoms with Gasteiger partial charge in [-0.3, -0.25) is 0 Å². The van der Waals surface area contributed by atoms with Crippen LogP contribution in [0.1, 0.15) is 90.9 Å². The molecule has 6 fully saturated rings. The molecular weight excluding hydrogens is 344 g/mol. The molecule has 6 aliphatic rings. The quantitative estimate of drug-likeness (QED) is 0.452. The number of aliphatic hydroxyl groups excluding tert-OH is 1. The third-order valence-electron chi connectivity index (χ3n) is 11.1. The Kier molecular flexibility index (Phi) is 3.73. The Balaban J connectivity index is 1.34. The van der Waals surface area contributed by atoms with Gasteiger partial charge in [-0.05, 0) is 99.2 Å². The van der Waals surface area contributed by atoms with Crippen molar-refractivity contribution in [2.45, 2.75) is 103 Å². The van der Waals surface area contributed by atoms with Crippen molar-refractivity contribution in [2.75, 3.05) is 6.61 Å². The fourth-order valence-electron chi connectivity index (χ4n) is 10.00. The van der Waals surface area contributed by atoms with Crippen LogP contribution in [0.3, 0.4) is 0 Å². The molecule has 2 spiro atoms. The molecule has 0 bridgehead atoms. The lowest BCUT2D eigenvalue weighted by molar-refractivity contribution is -0.0931. The van der Waals surface area contributed by atoms with Gasteiger partial charge in [0.1, 0.15) is 0 Å². The predicted octanol–water partition coefficient (Wildman–Crippen LogP) is 5.89. The first kappa shape index (κ1) is 18.4. The minimum atomic E-state index is 0.118. The topological polar surface area (TPSA) is 32.8 Å². The van der Waals surface area contributed by atoms with Gasteiger partial charge in [-0.2, -0.15) is 0 Å². The lowest BCUT2D eigenvalue weighted by atomic mass is 9.44. The highest BCUT2D eigenvalue weighted by Gasteiger charge is 2.70. The van der Waals surface area contributed by atoms with E-state index in [4.69, 9.17) is 11.3 Å².